The SMILES string of the molecule is CC=CC=[CH][Ti+2].[Cl-].[Cl-]. The number of hydrogen-bond acceptors (Lipinski definition) is 0. The molecule has 3 heteroatoms. The van der Waals surface area contributed by atoms with Crippen LogP contribution in [0, 0.1) is 0 Å². The molecule has 0 aliphatic rings. The summed E-state index contributed by atoms with van der Waals surface area (Å²) in [5, 5.41) is 0. The first-order valence-electron chi connectivity index (χ1n) is 1.87. The Morgan fingerprint density at radius 1 is 1.12 bits per heavy atom. The summed E-state index contributed by atoms with van der Waals surface area (Å²) in [6, 6.07) is 0. The van der Waals surface area contributed by atoms with Gasteiger partial charge in [-0.05, 0) is 0 Å². The van der Waals surface area contributed by atoms with Crippen molar-refractivity contribution in [3.63, 3.8) is 0 Å². The fraction of sp³-hybridized carbons (Fsp3) is 0.200. The van der Waals surface area contributed by atoms with Crippen molar-refractivity contribution in [3.8, 4) is 0 Å². The molecule has 0 unspecified atom stereocenters. The predicted octanol–water partition coefficient (Wildman–Crippen LogP) is -4.37. The molecule has 0 spiro atoms. The molecule has 0 fully saturated rings. The van der Waals surface area contributed by atoms with E-state index in [1.54, 1.807) is 0 Å². The van der Waals surface area contributed by atoms with Gasteiger partial charge in [-0.15, -0.1) is 0 Å². The molecule has 8 heavy (non-hydrogen) atoms. The first kappa shape index (κ1) is 15.9. The van der Waals surface area contributed by atoms with E-state index in [-0.39, 0.29) is 24.8 Å². The summed E-state index contributed by atoms with van der Waals surface area (Å²) in [5.41, 5.74) is 0. The van der Waals surface area contributed by atoms with Crippen molar-refractivity contribution in [2.75, 3.05) is 0 Å². The smallest absolute Gasteiger partial charge is 1.00 e. The number of allylic oxidation sites excluding steroid dienone is 3. The van der Waals surface area contributed by atoms with Gasteiger partial charge in [0.25, 0.3) is 0 Å². The van der Waals surface area contributed by atoms with E-state index in [2.05, 4.69) is 0 Å². The normalized spacial score (nSPS) is 8.88. The number of halogens is 2. The zero-order valence-corrected chi connectivity index (χ0v) is 7.64. The summed E-state index contributed by atoms with van der Waals surface area (Å²) < 4.78 is 2.00. The van der Waals surface area contributed by atoms with Gasteiger partial charge in [-0.2, -0.15) is 0 Å². The van der Waals surface area contributed by atoms with E-state index < -0.39 is 0 Å². The molecule has 0 radical (unpaired) electrons. The third-order valence-electron chi connectivity index (χ3n) is 0.400. The molecule has 0 saturated heterocycles. The van der Waals surface area contributed by atoms with Crippen LogP contribution >= 0.6 is 0 Å². The van der Waals surface area contributed by atoms with Gasteiger partial charge in [-0.25, -0.2) is 0 Å². The van der Waals surface area contributed by atoms with Gasteiger partial charge in [0.05, 0.1) is 0 Å². The Hall–Kier alpha value is 0.774. The predicted molar refractivity (Wildman–Crippen MR) is 24.0 cm³/mol. The maximum atomic E-state index is 2.00. The third-order valence-corrected chi connectivity index (χ3v) is 0.700. The van der Waals surface area contributed by atoms with Gasteiger partial charge in [-0.3, -0.25) is 0 Å². The molecule has 0 aromatic carbocycles. The quantitative estimate of drug-likeness (QED) is 0.286. The standard InChI is InChI=1S/C5H7.2ClH.Ti/c1-3-5-4-2;;;/h1,3-5H,2H3;2*1H;/q;;;+2/p-2. The molecule has 0 heterocycles. The van der Waals surface area contributed by atoms with Gasteiger partial charge in [0.15, 0.2) is 0 Å². The fourth-order valence-electron chi connectivity index (χ4n) is 0.167. The third kappa shape index (κ3) is 15.9. The van der Waals surface area contributed by atoms with Crippen LogP contribution in [0.5, 0.6) is 0 Å². The van der Waals surface area contributed by atoms with E-state index >= 15 is 0 Å². The second-order valence-corrected chi connectivity index (χ2v) is 1.41. The summed E-state index contributed by atoms with van der Waals surface area (Å²) in [4.78, 5) is 0. The van der Waals surface area contributed by atoms with Crippen molar-refractivity contribution in [2.45, 2.75) is 6.92 Å². The molecule has 0 aliphatic heterocycles. The van der Waals surface area contributed by atoms with Gasteiger partial charge in [0, 0.05) is 0 Å². The summed E-state index contributed by atoms with van der Waals surface area (Å²) in [7, 11) is 0. The molecular weight excluding hydrogens is 179 g/mol. The van der Waals surface area contributed by atoms with Crippen LogP contribution in [0.4, 0.5) is 0 Å². The minimum Gasteiger partial charge on any atom is -1.00 e. The Kier molecular flexibility index (Phi) is 31.1. The van der Waals surface area contributed by atoms with E-state index in [9.17, 15) is 0 Å². The number of rotatable bonds is 1. The van der Waals surface area contributed by atoms with E-state index in [1.165, 1.54) is 0 Å². The topological polar surface area (TPSA) is 0 Å². The molecule has 0 rings (SSSR count). The maximum absolute atomic E-state index is 2.00. The summed E-state index contributed by atoms with van der Waals surface area (Å²) in [6.07, 6.45) is 6.00. The minimum absolute atomic E-state index is 0. The van der Waals surface area contributed by atoms with Crippen molar-refractivity contribution in [1.82, 2.24) is 0 Å². The van der Waals surface area contributed by atoms with E-state index in [4.69, 9.17) is 0 Å². The van der Waals surface area contributed by atoms with Crippen LogP contribution in [-0.4, -0.2) is 0 Å². The van der Waals surface area contributed by atoms with Gasteiger partial charge < -0.3 is 24.8 Å². The van der Waals surface area contributed by atoms with E-state index in [0.29, 0.717) is 0 Å². The summed E-state index contributed by atoms with van der Waals surface area (Å²) in [5.74, 6) is 0. The van der Waals surface area contributed by atoms with Crippen LogP contribution < -0.4 is 24.8 Å². The van der Waals surface area contributed by atoms with Crippen LogP contribution in [-0.2, 0) is 20.4 Å². The van der Waals surface area contributed by atoms with E-state index in [0.717, 1.165) is 0 Å². The first-order valence-corrected chi connectivity index (χ1v) is 2.77. The summed E-state index contributed by atoms with van der Waals surface area (Å²) in [6.45, 7) is 2.00. The molecule has 0 nitrogen and oxygen atoms in total. The maximum Gasteiger partial charge on any atom is -1.00 e. The van der Waals surface area contributed by atoms with E-state index in [1.807, 2.05) is 50.0 Å². The van der Waals surface area contributed by atoms with Crippen LogP contribution in [0.1, 0.15) is 6.92 Å². The Morgan fingerprint density at radius 2 is 1.62 bits per heavy atom. The molecule has 0 N–H and O–H groups in total. The monoisotopic (exact) mass is 185 g/mol. The average molecular weight is 186 g/mol. The van der Waals surface area contributed by atoms with Crippen molar-refractivity contribution in [3.05, 3.63) is 22.6 Å². The second-order valence-electron chi connectivity index (χ2n) is 0.885. The molecule has 0 aliphatic carbocycles. The molecule has 0 aromatic rings. The summed E-state index contributed by atoms with van der Waals surface area (Å²) >= 11 is 2.00. The molecule has 0 saturated carbocycles. The average Bonchev–Trinajstić information content (AvgIpc) is 1.61. The molecule has 45 valence electrons. The largest absolute Gasteiger partial charge is 1.00 e. The zero-order valence-electron chi connectivity index (χ0n) is 4.57. The fourth-order valence-corrected chi connectivity index (χ4v) is 0.340. The molecule has 0 bridgehead atoms. The molecule has 0 aromatic heterocycles. The minimum atomic E-state index is 0. The van der Waals surface area contributed by atoms with Gasteiger partial charge in [-0.1, -0.05) is 0 Å². The van der Waals surface area contributed by atoms with Crippen LogP contribution in [0.25, 0.3) is 0 Å². The van der Waals surface area contributed by atoms with Crippen molar-refractivity contribution < 1.29 is 45.2 Å². The first-order chi connectivity index (χ1) is 2.91. The number of hydrogen-bond donors (Lipinski definition) is 0. The van der Waals surface area contributed by atoms with Gasteiger partial charge in [0.2, 0.25) is 0 Å². The molecular formula is C5H7Cl2Ti. The van der Waals surface area contributed by atoms with Gasteiger partial charge >= 0.3 is 50.0 Å². The van der Waals surface area contributed by atoms with Crippen molar-refractivity contribution in [2.24, 2.45) is 0 Å². The van der Waals surface area contributed by atoms with Crippen LogP contribution in [0.15, 0.2) is 22.6 Å². The van der Waals surface area contributed by atoms with Crippen LogP contribution in [0.3, 0.4) is 0 Å². The Morgan fingerprint density at radius 3 is 1.75 bits per heavy atom. The molecule has 0 atom stereocenters. The van der Waals surface area contributed by atoms with Crippen molar-refractivity contribution in [1.29, 1.82) is 0 Å². The Bertz CT molecular complexity index is 58.8. The van der Waals surface area contributed by atoms with Crippen molar-refractivity contribution >= 4 is 0 Å². The van der Waals surface area contributed by atoms with Crippen LogP contribution in [0.2, 0.25) is 0 Å². The van der Waals surface area contributed by atoms with Gasteiger partial charge in [0.1, 0.15) is 0 Å². The Balaban J connectivity index is -0.000000125. The molecule has 0 amide bonds. The zero-order chi connectivity index (χ0) is 4.83. The second kappa shape index (κ2) is 15.7. The Labute approximate surface area is 74.7 Å².